The summed E-state index contributed by atoms with van der Waals surface area (Å²) in [6.45, 7) is 7.85. The summed E-state index contributed by atoms with van der Waals surface area (Å²) in [4.78, 5) is 12.4. The molecule has 0 unspecified atom stereocenters. The maximum Gasteiger partial charge on any atom is 0.265 e. The van der Waals surface area contributed by atoms with Crippen molar-refractivity contribution >= 4 is 23.2 Å². The van der Waals surface area contributed by atoms with Crippen LogP contribution in [0.15, 0.2) is 42.5 Å². The summed E-state index contributed by atoms with van der Waals surface area (Å²) < 4.78 is 5.87. The number of nitrogens with one attached hydrogen (secondary N) is 1. The molecule has 0 saturated heterocycles. The van der Waals surface area contributed by atoms with Crippen molar-refractivity contribution in [2.75, 3.05) is 5.32 Å². The third kappa shape index (κ3) is 4.49. The Hall–Kier alpha value is -2.00. The highest BCUT2D eigenvalue weighted by molar-refractivity contribution is 6.30. The Morgan fingerprint density at radius 1 is 1.13 bits per heavy atom. The SMILES string of the molecule is Cc1cc(Cl)ccc1NC(=O)[C@@H](C)Oc1ccccc1C(C)C. The molecule has 0 heterocycles. The van der Waals surface area contributed by atoms with Gasteiger partial charge in [0, 0.05) is 10.7 Å². The molecule has 2 aromatic carbocycles. The minimum absolute atomic E-state index is 0.186. The van der Waals surface area contributed by atoms with Crippen LogP contribution in [0.25, 0.3) is 0 Å². The van der Waals surface area contributed by atoms with Crippen LogP contribution in [0.5, 0.6) is 5.75 Å². The van der Waals surface area contributed by atoms with Crippen LogP contribution in [-0.4, -0.2) is 12.0 Å². The van der Waals surface area contributed by atoms with E-state index in [1.54, 1.807) is 19.1 Å². The lowest BCUT2D eigenvalue weighted by Crippen LogP contribution is -2.30. The van der Waals surface area contributed by atoms with Gasteiger partial charge in [-0.25, -0.2) is 0 Å². The number of para-hydroxylation sites is 1. The van der Waals surface area contributed by atoms with E-state index in [1.807, 2.05) is 37.3 Å². The average Bonchev–Trinajstić information content (AvgIpc) is 2.50. The van der Waals surface area contributed by atoms with E-state index < -0.39 is 6.10 Å². The molecule has 3 nitrogen and oxygen atoms in total. The summed E-state index contributed by atoms with van der Waals surface area (Å²) in [7, 11) is 0. The Morgan fingerprint density at radius 3 is 2.48 bits per heavy atom. The minimum atomic E-state index is -0.593. The lowest BCUT2D eigenvalue weighted by atomic mass is 10.0. The normalized spacial score (nSPS) is 12.1. The van der Waals surface area contributed by atoms with Gasteiger partial charge in [-0.2, -0.15) is 0 Å². The van der Waals surface area contributed by atoms with Crippen LogP contribution in [0.4, 0.5) is 5.69 Å². The van der Waals surface area contributed by atoms with Crippen molar-refractivity contribution in [3.63, 3.8) is 0 Å². The van der Waals surface area contributed by atoms with Crippen molar-refractivity contribution in [1.82, 2.24) is 0 Å². The fourth-order valence-corrected chi connectivity index (χ4v) is 2.54. The molecule has 23 heavy (non-hydrogen) atoms. The van der Waals surface area contributed by atoms with Gasteiger partial charge in [0.1, 0.15) is 5.75 Å². The van der Waals surface area contributed by atoms with E-state index in [2.05, 4.69) is 19.2 Å². The number of halogens is 1. The highest BCUT2D eigenvalue weighted by atomic mass is 35.5. The molecule has 0 radical (unpaired) electrons. The zero-order valence-corrected chi connectivity index (χ0v) is 14.6. The fourth-order valence-electron chi connectivity index (χ4n) is 2.31. The van der Waals surface area contributed by atoms with Gasteiger partial charge in [-0.1, -0.05) is 43.6 Å². The standard InChI is InChI=1S/C19H22ClNO2/c1-12(2)16-7-5-6-8-18(16)23-14(4)19(22)21-17-10-9-15(20)11-13(17)3/h5-12,14H,1-4H3,(H,21,22)/t14-/m1/s1. The number of anilines is 1. The molecule has 2 rings (SSSR count). The Labute approximate surface area is 142 Å². The molecule has 1 atom stereocenters. The molecule has 0 aliphatic rings. The first-order valence-electron chi connectivity index (χ1n) is 7.71. The maximum atomic E-state index is 12.4. The lowest BCUT2D eigenvalue weighted by Gasteiger charge is -2.19. The Balaban J connectivity index is 2.09. The van der Waals surface area contributed by atoms with Crippen LogP contribution in [0, 0.1) is 6.92 Å². The van der Waals surface area contributed by atoms with Gasteiger partial charge in [0.2, 0.25) is 0 Å². The molecule has 0 fully saturated rings. The van der Waals surface area contributed by atoms with Crippen molar-refractivity contribution in [3.05, 3.63) is 58.6 Å². The number of aryl methyl sites for hydroxylation is 1. The van der Waals surface area contributed by atoms with Crippen LogP contribution in [0.3, 0.4) is 0 Å². The number of hydrogen-bond donors (Lipinski definition) is 1. The monoisotopic (exact) mass is 331 g/mol. The van der Waals surface area contributed by atoms with Crippen LogP contribution >= 0.6 is 11.6 Å². The number of carbonyl (C=O) groups excluding carboxylic acids is 1. The van der Waals surface area contributed by atoms with E-state index in [4.69, 9.17) is 16.3 Å². The van der Waals surface area contributed by atoms with E-state index in [9.17, 15) is 4.79 Å². The van der Waals surface area contributed by atoms with Gasteiger partial charge in [0.25, 0.3) is 5.91 Å². The molecule has 1 amide bonds. The fraction of sp³-hybridized carbons (Fsp3) is 0.316. The summed E-state index contributed by atoms with van der Waals surface area (Å²) in [6.07, 6.45) is -0.593. The Kier molecular flexibility index (Phi) is 5.67. The lowest BCUT2D eigenvalue weighted by molar-refractivity contribution is -0.122. The number of rotatable bonds is 5. The first-order chi connectivity index (χ1) is 10.9. The van der Waals surface area contributed by atoms with Gasteiger partial charge in [0.05, 0.1) is 0 Å². The van der Waals surface area contributed by atoms with Crippen LogP contribution in [0.2, 0.25) is 5.02 Å². The topological polar surface area (TPSA) is 38.3 Å². The van der Waals surface area contributed by atoms with Crippen LogP contribution < -0.4 is 10.1 Å². The summed E-state index contributed by atoms with van der Waals surface area (Å²) in [6, 6.07) is 13.2. The number of hydrogen-bond acceptors (Lipinski definition) is 2. The summed E-state index contributed by atoms with van der Waals surface area (Å²) in [5.41, 5.74) is 2.75. The van der Waals surface area contributed by atoms with E-state index >= 15 is 0 Å². The van der Waals surface area contributed by atoms with E-state index in [0.717, 1.165) is 22.6 Å². The summed E-state index contributed by atoms with van der Waals surface area (Å²) in [5.74, 6) is 0.895. The Bertz CT molecular complexity index is 698. The van der Waals surface area contributed by atoms with E-state index in [-0.39, 0.29) is 5.91 Å². The van der Waals surface area contributed by atoms with Gasteiger partial charge in [-0.15, -0.1) is 0 Å². The average molecular weight is 332 g/mol. The molecule has 2 aromatic rings. The quantitative estimate of drug-likeness (QED) is 0.820. The number of carbonyl (C=O) groups is 1. The zero-order chi connectivity index (χ0) is 17.0. The highest BCUT2D eigenvalue weighted by Gasteiger charge is 2.18. The van der Waals surface area contributed by atoms with Crippen molar-refractivity contribution < 1.29 is 9.53 Å². The molecule has 0 bridgehead atoms. The maximum absolute atomic E-state index is 12.4. The second-order valence-electron chi connectivity index (χ2n) is 5.90. The molecule has 0 aliphatic carbocycles. The summed E-state index contributed by atoms with van der Waals surface area (Å²) >= 11 is 5.93. The number of ether oxygens (including phenoxy) is 1. The van der Waals surface area contributed by atoms with Gasteiger partial charge in [0.15, 0.2) is 6.10 Å². The second kappa shape index (κ2) is 7.51. The molecular formula is C19H22ClNO2. The first kappa shape index (κ1) is 17.4. The van der Waals surface area contributed by atoms with Crippen molar-refractivity contribution in [1.29, 1.82) is 0 Å². The van der Waals surface area contributed by atoms with E-state index in [0.29, 0.717) is 10.9 Å². The highest BCUT2D eigenvalue weighted by Crippen LogP contribution is 2.27. The first-order valence-corrected chi connectivity index (χ1v) is 8.09. The number of amides is 1. The predicted molar refractivity (Wildman–Crippen MR) is 95.4 cm³/mol. The van der Waals surface area contributed by atoms with Crippen LogP contribution in [0.1, 0.15) is 37.8 Å². The molecule has 0 aromatic heterocycles. The van der Waals surface area contributed by atoms with Crippen molar-refractivity contribution in [2.45, 2.75) is 39.7 Å². The molecular weight excluding hydrogens is 310 g/mol. The van der Waals surface area contributed by atoms with Crippen molar-refractivity contribution in [3.8, 4) is 5.75 Å². The molecule has 0 saturated carbocycles. The minimum Gasteiger partial charge on any atom is -0.481 e. The third-order valence-electron chi connectivity index (χ3n) is 3.66. The molecule has 0 aliphatic heterocycles. The van der Waals surface area contributed by atoms with Gasteiger partial charge >= 0.3 is 0 Å². The molecule has 1 N–H and O–H groups in total. The molecule has 4 heteroatoms. The van der Waals surface area contributed by atoms with Gasteiger partial charge < -0.3 is 10.1 Å². The van der Waals surface area contributed by atoms with Crippen LogP contribution in [-0.2, 0) is 4.79 Å². The van der Waals surface area contributed by atoms with Gasteiger partial charge in [-0.3, -0.25) is 4.79 Å². The van der Waals surface area contributed by atoms with E-state index in [1.165, 1.54) is 0 Å². The van der Waals surface area contributed by atoms with Gasteiger partial charge in [-0.05, 0) is 55.2 Å². The predicted octanol–water partition coefficient (Wildman–Crippen LogP) is 5.18. The molecule has 0 spiro atoms. The second-order valence-corrected chi connectivity index (χ2v) is 6.34. The third-order valence-corrected chi connectivity index (χ3v) is 3.90. The largest absolute Gasteiger partial charge is 0.481 e. The summed E-state index contributed by atoms with van der Waals surface area (Å²) in [5, 5.41) is 3.53. The van der Waals surface area contributed by atoms with Crippen molar-refractivity contribution in [2.24, 2.45) is 0 Å². The zero-order valence-electron chi connectivity index (χ0n) is 13.9. The smallest absolute Gasteiger partial charge is 0.265 e. The molecule has 122 valence electrons. The number of benzene rings is 2. The Morgan fingerprint density at radius 2 is 1.83 bits per heavy atom.